The van der Waals surface area contributed by atoms with Crippen molar-refractivity contribution in [2.24, 2.45) is 0 Å². The van der Waals surface area contributed by atoms with Gasteiger partial charge < -0.3 is 19.7 Å². The summed E-state index contributed by atoms with van der Waals surface area (Å²) in [7, 11) is 1.69. The second-order valence-corrected chi connectivity index (χ2v) is 7.90. The van der Waals surface area contributed by atoms with E-state index in [-0.39, 0.29) is 18.0 Å². The first-order valence-corrected chi connectivity index (χ1v) is 10.2. The Morgan fingerprint density at radius 1 is 1.46 bits per heavy atom. The number of rotatable bonds is 6. The van der Waals surface area contributed by atoms with Crippen molar-refractivity contribution in [2.75, 3.05) is 26.9 Å². The summed E-state index contributed by atoms with van der Waals surface area (Å²) in [4.78, 5) is 20.3. The third-order valence-electron chi connectivity index (χ3n) is 5.13. The number of fused-ring (bicyclic) bond motifs is 1. The number of methoxy groups -OCH3 is 1. The summed E-state index contributed by atoms with van der Waals surface area (Å²) in [5.41, 5.74) is 2.05. The van der Waals surface area contributed by atoms with Gasteiger partial charge in [0, 0.05) is 25.7 Å². The number of nitriles is 1. The monoisotopic (exact) mass is 398 g/mol. The SMILES string of the molecule is CCOc1c(C#N)cccc1-c1nc2c(s1)C(=O)N([C@H]1CN[C@H](COC)C1)C2. The van der Waals surface area contributed by atoms with Gasteiger partial charge in [-0.05, 0) is 25.5 Å². The molecule has 2 aliphatic heterocycles. The first-order chi connectivity index (χ1) is 13.7. The fraction of sp³-hybridized carbons (Fsp3) is 0.450. The number of benzene rings is 1. The Bertz CT molecular complexity index is 936. The highest BCUT2D eigenvalue weighted by molar-refractivity contribution is 7.17. The number of nitrogens with zero attached hydrogens (tertiary/aromatic N) is 3. The molecule has 28 heavy (non-hydrogen) atoms. The number of para-hydroxylation sites is 1. The summed E-state index contributed by atoms with van der Waals surface area (Å²) >= 11 is 1.38. The predicted molar refractivity (Wildman–Crippen MR) is 105 cm³/mol. The van der Waals surface area contributed by atoms with Crippen molar-refractivity contribution in [3.8, 4) is 22.4 Å². The molecule has 0 unspecified atom stereocenters. The lowest BCUT2D eigenvalue weighted by molar-refractivity contribution is 0.0714. The minimum Gasteiger partial charge on any atom is -0.492 e. The molecule has 0 saturated carbocycles. The van der Waals surface area contributed by atoms with Gasteiger partial charge in [-0.25, -0.2) is 4.98 Å². The average molecular weight is 398 g/mol. The van der Waals surface area contributed by atoms with Crippen molar-refractivity contribution < 1.29 is 14.3 Å². The Labute approximate surface area is 167 Å². The van der Waals surface area contributed by atoms with Gasteiger partial charge in [0.1, 0.15) is 21.7 Å². The third-order valence-corrected chi connectivity index (χ3v) is 6.25. The van der Waals surface area contributed by atoms with Crippen LogP contribution in [0.1, 0.15) is 34.3 Å². The topological polar surface area (TPSA) is 87.5 Å². The van der Waals surface area contributed by atoms with Crippen LogP contribution in [0.3, 0.4) is 0 Å². The van der Waals surface area contributed by atoms with Gasteiger partial charge in [0.15, 0.2) is 0 Å². The lowest BCUT2D eigenvalue weighted by Crippen LogP contribution is -2.36. The first kappa shape index (κ1) is 18.9. The smallest absolute Gasteiger partial charge is 0.266 e. The van der Waals surface area contributed by atoms with Crippen LogP contribution in [0.2, 0.25) is 0 Å². The zero-order chi connectivity index (χ0) is 19.7. The molecular weight excluding hydrogens is 376 g/mol. The van der Waals surface area contributed by atoms with E-state index < -0.39 is 0 Å². The number of ether oxygens (including phenoxy) is 2. The van der Waals surface area contributed by atoms with Crippen LogP contribution in [-0.2, 0) is 11.3 Å². The maximum atomic E-state index is 13.0. The molecular formula is C20H22N4O3S. The summed E-state index contributed by atoms with van der Waals surface area (Å²) in [5, 5.41) is 13.5. The standard InChI is InChI=1S/C20H22N4O3S/c1-3-27-17-12(8-21)5-4-6-15(17)19-23-16-10-24(20(25)18(16)28-19)14-7-13(11-26-2)22-9-14/h4-6,13-14,22H,3,7,9-11H2,1-2H3/t13-,14+/m0/s1. The summed E-state index contributed by atoms with van der Waals surface area (Å²) in [6.07, 6.45) is 0.889. The van der Waals surface area contributed by atoms with Gasteiger partial charge in [0.25, 0.3) is 5.91 Å². The number of aromatic nitrogens is 1. The highest BCUT2D eigenvalue weighted by atomic mass is 32.1. The van der Waals surface area contributed by atoms with Gasteiger partial charge in [-0.2, -0.15) is 5.26 Å². The summed E-state index contributed by atoms with van der Waals surface area (Å²) in [5.74, 6) is 0.574. The molecule has 0 aliphatic carbocycles. The van der Waals surface area contributed by atoms with E-state index in [2.05, 4.69) is 11.4 Å². The molecule has 8 heteroatoms. The van der Waals surface area contributed by atoms with Crippen LogP contribution < -0.4 is 10.1 Å². The quantitative estimate of drug-likeness (QED) is 0.804. The molecule has 7 nitrogen and oxygen atoms in total. The zero-order valence-corrected chi connectivity index (χ0v) is 16.7. The highest BCUT2D eigenvalue weighted by Gasteiger charge is 2.39. The van der Waals surface area contributed by atoms with E-state index in [0.29, 0.717) is 35.9 Å². The van der Waals surface area contributed by atoms with Crippen LogP contribution in [0.25, 0.3) is 10.6 Å². The summed E-state index contributed by atoms with van der Waals surface area (Å²) in [6.45, 7) is 4.30. The number of thiazole rings is 1. The molecule has 1 fully saturated rings. The van der Waals surface area contributed by atoms with Crippen molar-refractivity contribution in [2.45, 2.75) is 32.0 Å². The normalized spacial score (nSPS) is 21.0. The Kier molecular flexibility index (Phi) is 5.31. The number of carbonyl (C=O) groups is 1. The molecule has 1 aromatic carbocycles. The van der Waals surface area contributed by atoms with Crippen molar-refractivity contribution in [3.63, 3.8) is 0 Å². The average Bonchev–Trinajstić information content (AvgIpc) is 3.39. The molecule has 0 bridgehead atoms. The second-order valence-electron chi connectivity index (χ2n) is 6.91. The van der Waals surface area contributed by atoms with Gasteiger partial charge in [-0.3, -0.25) is 4.79 Å². The van der Waals surface area contributed by atoms with E-state index in [1.54, 1.807) is 13.2 Å². The summed E-state index contributed by atoms with van der Waals surface area (Å²) in [6, 6.07) is 8.05. The number of carbonyl (C=O) groups excluding carboxylic acids is 1. The van der Waals surface area contributed by atoms with E-state index in [4.69, 9.17) is 14.5 Å². The van der Waals surface area contributed by atoms with Crippen LogP contribution in [-0.4, -0.2) is 54.7 Å². The van der Waals surface area contributed by atoms with Crippen LogP contribution in [0, 0.1) is 11.3 Å². The van der Waals surface area contributed by atoms with Crippen molar-refractivity contribution in [1.29, 1.82) is 5.26 Å². The molecule has 0 spiro atoms. The number of hydrogen-bond donors (Lipinski definition) is 1. The molecule has 2 aliphatic rings. The molecule has 3 heterocycles. The fourth-order valence-electron chi connectivity index (χ4n) is 3.86. The van der Waals surface area contributed by atoms with Crippen LogP contribution in [0.15, 0.2) is 18.2 Å². The molecule has 0 radical (unpaired) electrons. The van der Waals surface area contributed by atoms with E-state index in [9.17, 15) is 10.1 Å². The van der Waals surface area contributed by atoms with E-state index in [1.807, 2.05) is 24.0 Å². The highest BCUT2D eigenvalue weighted by Crippen LogP contribution is 2.40. The first-order valence-electron chi connectivity index (χ1n) is 9.35. The molecule has 1 saturated heterocycles. The van der Waals surface area contributed by atoms with Gasteiger partial charge >= 0.3 is 0 Å². The van der Waals surface area contributed by atoms with E-state index in [0.717, 1.165) is 29.2 Å². The number of nitrogens with one attached hydrogen (secondary N) is 1. The predicted octanol–water partition coefficient (Wildman–Crippen LogP) is 2.41. The van der Waals surface area contributed by atoms with Crippen LogP contribution >= 0.6 is 11.3 Å². The van der Waals surface area contributed by atoms with Gasteiger partial charge in [0.05, 0.1) is 36.6 Å². The second kappa shape index (κ2) is 7.87. The van der Waals surface area contributed by atoms with E-state index >= 15 is 0 Å². The third kappa shape index (κ3) is 3.26. The Hall–Kier alpha value is -2.47. The zero-order valence-electron chi connectivity index (χ0n) is 15.9. The number of amides is 1. The molecule has 2 aromatic rings. The Morgan fingerprint density at radius 2 is 2.32 bits per heavy atom. The Balaban J connectivity index is 1.58. The molecule has 4 rings (SSSR count). The fourth-order valence-corrected chi connectivity index (χ4v) is 4.91. The van der Waals surface area contributed by atoms with Crippen LogP contribution in [0.4, 0.5) is 0 Å². The van der Waals surface area contributed by atoms with Crippen LogP contribution in [0.5, 0.6) is 5.75 Å². The molecule has 2 atom stereocenters. The van der Waals surface area contributed by atoms with Gasteiger partial charge in [-0.1, -0.05) is 6.07 Å². The largest absolute Gasteiger partial charge is 0.492 e. The minimum absolute atomic E-state index is 0.0398. The lowest BCUT2D eigenvalue weighted by atomic mass is 10.1. The van der Waals surface area contributed by atoms with E-state index in [1.165, 1.54) is 11.3 Å². The molecule has 1 aromatic heterocycles. The maximum absolute atomic E-state index is 13.0. The van der Waals surface area contributed by atoms with Gasteiger partial charge in [-0.15, -0.1) is 11.3 Å². The van der Waals surface area contributed by atoms with Gasteiger partial charge in [0.2, 0.25) is 0 Å². The van der Waals surface area contributed by atoms with Crippen molar-refractivity contribution in [3.05, 3.63) is 34.3 Å². The Morgan fingerprint density at radius 3 is 3.04 bits per heavy atom. The van der Waals surface area contributed by atoms with Crippen molar-refractivity contribution >= 4 is 17.2 Å². The molecule has 146 valence electrons. The molecule has 1 amide bonds. The minimum atomic E-state index is 0.0398. The summed E-state index contributed by atoms with van der Waals surface area (Å²) < 4.78 is 10.9. The molecule has 1 N–H and O–H groups in total. The lowest BCUT2D eigenvalue weighted by Gasteiger charge is -2.23. The van der Waals surface area contributed by atoms with Crippen molar-refractivity contribution in [1.82, 2.24) is 15.2 Å². The maximum Gasteiger partial charge on any atom is 0.266 e. The number of hydrogen-bond acceptors (Lipinski definition) is 7.